The molecular weight excluding hydrogens is 402 g/mol. The van der Waals surface area contributed by atoms with E-state index < -0.39 is 17.7 Å². The molecule has 32 heavy (non-hydrogen) atoms. The van der Waals surface area contributed by atoms with Crippen LogP contribution < -0.4 is 4.74 Å². The maximum absolute atomic E-state index is 13.1. The van der Waals surface area contributed by atoms with Crippen LogP contribution in [0.25, 0.3) is 5.76 Å². The van der Waals surface area contributed by atoms with Crippen molar-refractivity contribution in [3.8, 4) is 5.75 Å². The maximum atomic E-state index is 13.1. The largest absolute Gasteiger partial charge is 0.507 e. The van der Waals surface area contributed by atoms with E-state index in [2.05, 4.69) is 0 Å². The first-order valence-corrected chi connectivity index (χ1v) is 10.5. The van der Waals surface area contributed by atoms with Crippen molar-refractivity contribution in [3.63, 3.8) is 0 Å². The van der Waals surface area contributed by atoms with Crippen LogP contribution >= 0.6 is 0 Å². The van der Waals surface area contributed by atoms with Gasteiger partial charge in [0, 0.05) is 12.1 Å². The molecule has 0 aromatic heterocycles. The number of nitrogens with zero attached hydrogens (tertiary/aromatic N) is 1. The Morgan fingerprint density at radius 2 is 1.69 bits per heavy atom. The molecule has 1 fully saturated rings. The normalized spacial score (nSPS) is 17.6. The minimum Gasteiger partial charge on any atom is -0.507 e. The maximum Gasteiger partial charge on any atom is 0.295 e. The number of aryl methyl sites for hydroxylation is 1. The molecule has 0 saturated carbocycles. The number of ether oxygens (including phenoxy) is 1. The molecule has 162 valence electrons. The van der Waals surface area contributed by atoms with Crippen molar-refractivity contribution in [1.82, 2.24) is 4.90 Å². The Kier molecular flexibility index (Phi) is 6.08. The molecule has 3 aromatic carbocycles. The summed E-state index contributed by atoms with van der Waals surface area (Å²) in [6.07, 6.45) is 0.596. The van der Waals surface area contributed by atoms with Gasteiger partial charge in [-0.2, -0.15) is 0 Å². The second-order valence-corrected chi connectivity index (χ2v) is 7.87. The summed E-state index contributed by atoms with van der Waals surface area (Å²) in [6.45, 7) is 2.30. The highest BCUT2D eigenvalue weighted by atomic mass is 16.5. The highest BCUT2D eigenvalue weighted by Crippen LogP contribution is 2.40. The number of aliphatic hydroxyl groups is 1. The van der Waals surface area contributed by atoms with Crippen molar-refractivity contribution in [2.45, 2.75) is 19.4 Å². The fourth-order valence-corrected chi connectivity index (χ4v) is 4.03. The molecule has 4 rings (SSSR count). The molecule has 3 aromatic rings. The lowest BCUT2D eigenvalue weighted by Gasteiger charge is -2.25. The zero-order chi connectivity index (χ0) is 22.7. The van der Waals surface area contributed by atoms with E-state index in [9.17, 15) is 14.7 Å². The van der Waals surface area contributed by atoms with Crippen LogP contribution in [0.5, 0.6) is 5.75 Å². The molecule has 0 radical (unpaired) electrons. The van der Waals surface area contributed by atoms with Gasteiger partial charge in [0.05, 0.1) is 18.7 Å². The summed E-state index contributed by atoms with van der Waals surface area (Å²) < 4.78 is 5.36. The number of carbonyl (C=O) groups is 2. The number of likely N-dealkylation sites (tertiary alicyclic amines) is 1. The molecule has 0 spiro atoms. The Labute approximate surface area is 187 Å². The van der Waals surface area contributed by atoms with Gasteiger partial charge in [-0.25, -0.2) is 0 Å². The Bertz CT molecular complexity index is 1170. The molecule has 5 nitrogen and oxygen atoms in total. The fraction of sp³-hybridized carbons (Fsp3) is 0.185. The molecule has 1 aliphatic heterocycles. The lowest BCUT2D eigenvalue weighted by Crippen LogP contribution is -2.31. The second-order valence-electron chi connectivity index (χ2n) is 7.87. The van der Waals surface area contributed by atoms with E-state index in [4.69, 9.17) is 4.74 Å². The standard InChI is InChI=1S/C27H25NO4/c1-18-11-13-20(14-12-18)25(29)23-24(21-9-6-10-22(17-21)32-2)28(27(31)26(23)30)16-15-19-7-4-3-5-8-19/h3-14,17,24,29H,15-16H2,1-2H3. The van der Waals surface area contributed by atoms with Gasteiger partial charge in [0.2, 0.25) is 0 Å². The van der Waals surface area contributed by atoms with E-state index in [1.54, 1.807) is 36.3 Å². The summed E-state index contributed by atoms with van der Waals surface area (Å²) >= 11 is 0. The van der Waals surface area contributed by atoms with Gasteiger partial charge < -0.3 is 14.7 Å². The van der Waals surface area contributed by atoms with Crippen LogP contribution in [0.4, 0.5) is 0 Å². The number of rotatable bonds is 6. The van der Waals surface area contributed by atoms with Gasteiger partial charge in [0.1, 0.15) is 11.5 Å². The molecule has 1 N–H and O–H groups in total. The van der Waals surface area contributed by atoms with Crippen molar-refractivity contribution in [2.24, 2.45) is 0 Å². The Morgan fingerprint density at radius 3 is 2.38 bits per heavy atom. The van der Waals surface area contributed by atoms with E-state index in [0.29, 0.717) is 29.8 Å². The van der Waals surface area contributed by atoms with E-state index in [1.165, 1.54) is 0 Å². The number of Topliss-reactive ketones (excluding diaryl/α,β-unsaturated/α-hetero) is 1. The SMILES string of the molecule is COc1cccc(C2C(=C(O)c3ccc(C)cc3)C(=O)C(=O)N2CCc2ccccc2)c1. The summed E-state index contributed by atoms with van der Waals surface area (Å²) in [5, 5.41) is 11.1. The van der Waals surface area contributed by atoms with Crippen molar-refractivity contribution in [2.75, 3.05) is 13.7 Å². The van der Waals surface area contributed by atoms with Gasteiger partial charge in [-0.15, -0.1) is 0 Å². The lowest BCUT2D eigenvalue weighted by atomic mass is 9.94. The number of amides is 1. The molecule has 1 heterocycles. The number of benzene rings is 3. The quantitative estimate of drug-likeness (QED) is 0.353. The third-order valence-corrected chi connectivity index (χ3v) is 5.76. The molecule has 1 unspecified atom stereocenters. The monoisotopic (exact) mass is 427 g/mol. The summed E-state index contributed by atoms with van der Waals surface area (Å²) in [4.78, 5) is 27.7. The van der Waals surface area contributed by atoms with Gasteiger partial charge in [-0.1, -0.05) is 72.3 Å². The topological polar surface area (TPSA) is 66.8 Å². The molecule has 0 aliphatic carbocycles. The molecule has 1 saturated heterocycles. The average molecular weight is 428 g/mol. The van der Waals surface area contributed by atoms with Gasteiger partial charge in [-0.05, 0) is 36.6 Å². The molecular formula is C27H25NO4. The van der Waals surface area contributed by atoms with E-state index >= 15 is 0 Å². The Balaban J connectivity index is 1.80. The van der Waals surface area contributed by atoms with Crippen LogP contribution in [0.1, 0.15) is 28.3 Å². The molecule has 5 heteroatoms. The average Bonchev–Trinajstić information content (AvgIpc) is 3.08. The summed E-state index contributed by atoms with van der Waals surface area (Å²) in [5.41, 5.74) is 3.42. The third-order valence-electron chi connectivity index (χ3n) is 5.76. The lowest BCUT2D eigenvalue weighted by molar-refractivity contribution is -0.139. The number of ketones is 1. The molecule has 1 aliphatic rings. The number of methoxy groups -OCH3 is 1. The van der Waals surface area contributed by atoms with Gasteiger partial charge >= 0.3 is 0 Å². The highest BCUT2D eigenvalue weighted by Gasteiger charge is 2.45. The van der Waals surface area contributed by atoms with Crippen LogP contribution in [0.15, 0.2) is 84.4 Å². The fourth-order valence-electron chi connectivity index (χ4n) is 4.03. The van der Waals surface area contributed by atoms with E-state index in [1.807, 2.05) is 61.5 Å². The first kappa shape index (κ1) is 21.4. The number of hydrogen-bond acceptors (Lipinski definition) is 4. The summed E-state index contributed by atoms with van der Waals surface area (Å²) in [5.74, 6) is -0.837. The van der Waals surface area contributed by atoms with Crippen molar-refractivity contribution >= 4 is 17.4 Å². The molecule has 1 amide bonds. The van der Waals surface area contributed by atoms with Crippen molar-refractivity contribution in [3.05, 3.63) is 107 Å². The number of hydrogen-bond donors (Lipinski definition) is 1. The van der Waals surface area contributed by atoms with Gasteiger partial charge in [-0.3, -0.25) is 9.59 Å². The summed E-state index contributed by atoms with van der Waals surface area (Å²) in [6, 6.07) is 23.6. The van der Waals surface area contributed by atoms with Crippen LogP contribution in [0.3, 0.4) is 0 Å². The summed E-state index contributed by atoms with van der Waals surface area (Å²) in [7, 11) is 1.57. The zero-order valence-corrected chi connectivity index (χ0v) is 18.1. The van der Waals surface area contributed by atoms with Crippen LogP contribution in [0.2, 0.25) is 0 Å². The van der Waals surface area contributed by atoms with Crippen molar-refractivity contribution in [1.29, 1.82) is 0 Å². The first-order chi connectivity index (χ1) is 15.5. The predicted molar refractivity (Wildman–Crippen MR) is 123 cm³/mol. The smallest absolute Gasteiger partial charge is 0.295 e. The second kappa shape index (κ2) is 9.10. The highest BCUT2D eigenvalue weighted by molar-refractivity contribution is 6.46. The predicted octanol–water partition coefficient (Wildman–Crippen LogP) is 4.67. The third kappa shape index (κ3) is 4.14. The van der Waals surface area contributed by atoms with Crippen LogP contribution in [-0.2, 0) is 16.0 Å². The molecule has 1 atom stereocenters. The van der Waals surface area contributed by atoms with Crippen LogP contribution in [-0.4, -0.2) is 35.4 Å². The first-order valence-electron chi connectivity index (χ1n) is 10.5. The van der Waals surface area contributed by atoms with Gasteiger partial charge in [0.15, 0.2) is 0 Å². The van der Waals surface area contributed by atoms with Crippen molar-refractivity contribution < 1.29 is 19.4 Å². The van der Waals surface area contributed by atoms with Gasteiger partial charge in [0.25, 0.3) is 11.7 Å². The van der Waals surface area contributed by atoms with E-state index in [-0.39, 0.29) is 11.3 Å². The van der Waals surface area contributed by atoms with E-state index in [0.717, 1.165) is 11.1 Å². The number of carbonyl (C=O) groups excluding carboxylic acids is 2. The Morgan fingerprint density at radius 1 is 0.969 bits per heavy atom. The minimum absolute atomic E-state index is 0.0974. The molecule has 0 bridgehead atoms. The number of aliphatic hydroxyl groups excluding tert-OH is 1. The minimum atomic E-state index is -0.699. The zero-order valence-electron chi connectivity index (χ0n) is 18.1. The Hall–Kier alpha value is -3.86. The van der Waals surface area contributed by atoms with Crippen LogP contribution in [0, 0.1) is 6.92 Å².